The summed E-state index contributed by atoms with van der Waals surface area (Å²) in [7, 11) is 0. The van der Waals surface area contributed by atoms with E-state index in [0.717, 1.165) is 30.9 Å². The largest absolute Gasteiger partial charge is 0.390 e. The van der Waals surface area contributed by atoms with Crippen LogP contribution < -0.4 is 10.6 Å². The summed E-state index contributed by atoms with van der Waals surface area (Å²) < 4.78 is 27.1. The maximum Gasteiger partial charge on any atom is 0.217 e. The third kappa shape index (κ3) is 7.50. The molecule has 6 heteroatoms. The normalized spacial score (nSPS) is 14.2. The molecular formula is C24H32F2N2O2. The number of benzene rings is 2. The highest BCUT2D eigenvalue weighted by molar-refractivity contribution is 5.73. The Hall–Kier alpha value is -2.31. The van der Waals surface area contributed by atoms with Crippen LogP contribution in [0.2, 0.25) is 0 Å². The first-order valence-electron chi connectivity index (χ1n) is 10.5. The predicted molar refractivity (Wildman–Crippen MR) is 115 cm³/mol. The van der Waals surface area contributed by atoms with Gasteiger partial charge in [-0.2, -0.15) is 0 Å². The van der Waals surface area contributed by atoms with E-state index < -0.39 is 23.8 Å². The highest BCUT2D eigenvalue weighted by atomic mass is 19.1. The van der Waals surface area contributed by atoms with E-state index >= 15 is 0 Å². The Morgan fingerprint density at radius 3 is 2.37 bits per heavy atom. The van der Waals surface area contributed by atoms with Gasteiger partial charge in [-0.15, -0.1) is 0 Å². The summed E-state index contributed by atoms with van der Waals surface area (Å²) in [4.78, 5) is 11.6. The highest BCUT2D eigenvalue weighted by Gasteiger charge is 2.23. The molecule has 30 heavy (non-hydrogen) atoms. The van der Waals surface area contributed by atoms with Crippen molar-refractivity contribution in [2.75, 3.05) is 6.54 Å². The van der Waals surface area contributed by atoms with Gasteiger partial charge >= 0.3 is 0 Å². The zero-order valence-corrected chi connectivity index (χ0v) is 17.9. The van der Waals surface area contributed by atoms with Crippen molar-refractivity contribution in [3.8, 4) is 0 Å². The van der Waals surface area contributed by atoms with Gasteiger partial charge in [-0.3, -0.25) is 4.79 Å². The predicted octanol–water partition coefficient (Wildman–Crippen LogP) is 4.07. The molecule has 2 rings (SSSR count). The van der Waals surface area contributed by atoms with Crippen LogP contribution in [0.5, 0.6) is 0 Å². The van der Waals surface area contributed by atoms with E-state index in [1.54, 1.807) is 0 Å². The Balaban J connectivity index is 2.10. The molecule has 3 atom stereocenters. The van der Waals surface area contributed by atoms with Crippen molar-refractivity contribution in [1.29, 1.82) is 0 Å². The lowest BCUT2D eigenvalue weighted by Gasteiger charge is -2.27. The molecule has 0 heterocycles. The van der Waals surface area contributed by atoms with Gasteiger partial charge in [0.2, 0.25) is 5.91 Å². The standard InChI is InChI=1S/C24H32F2N2O2/c1-4-7-22(19-9-6-8-17(5-2)10-19)27-15-24(30)23(28-16(3)29)13-18-11-20(25)14-21(26)12-18/h6,8-12,14,22-24,27,30H,4-5,7,13,15H2,1-3H3,(H,28,29)/t22?,23-,24-/m0/s1. The fraction of sp³-hybridized carbons (Fsp3) is 0.458. The molecule has 4 nitrogen and oxygen atoms in total. The van der Waals surface area contributed by atoms with Crippen LogP contribution in [-0.2, 0) is 17.6 Å². The number of carbonyl (C=O) groups is 1. The second-order valence-electron chi connectivity index (χ2n) is 7.70. The van der Waals surface area contributed by atoms with Crippen molar-refractivity contribution in [1.82, 2.24) is 10.6 Å². The third-order valence-electron chi connectivity index (χ3n) is 5.14. The molecule has 0 radical (unpaired) electrons. The van der Waals surface area contributed by atoms with Crippen LogP contribution in [0.15, 0.2) is 42.5 Å². The minimum absolute atomic E-state index is 0.0701. The van der Waals surface area contributed by atoms with Gasteiger partial charge in [0.25, 0.3) is 0 Å². The highest BCUT2D eigenvalue weighted by Crippen LogP contribution is 2.20. The molecule has 3 N–H and O–H groups in total. The van der Waals surface area contributed by atoms with Gasteiger partial charge < -0.3 is 15.7 Å². The van der Waals surface area contributed by atoms with E-state index in [1.165, 1.54) is 24.6 Å². The molecule has 0 spiro atoms. The number of carbonyl (C=O) groups excluding carboxylic acids is 1. The Morgan fingerprint density at radius 1 is 1.07 bits per heavy atom. The fourth-order valence-corrected chi connectivity index (χ4v) is 3.64. The van der Waals surface area contributed by atoms with E-state index in [-0.39, 0.29) is 24.9 Å². The van der Waals surface area contributed by atoms with Crippen molar-refractivity contribution in [2.45, 2.75) is 64.6 Å². The fourth-order valence-electron chi connectivity index (χ4n) is 3.64. The first-order chi connectivity index (χ1) is 14.3. The molecule has 0 fully saturated rings. The van der Waals surface area contributed by atoms with Gasteiger partial charge in [0.1, 0.15) is 11.6 Å². The van der Waals surface area contributed by atoms with Crippen molar-refractivity contribution in [2.24, 2.45) is 0 Å². The lowest BCUT2D eigenvalue weighted by atomic mass is 9.97. The minimum Gasteiger partial charge on any atom is -0.390 e. The number of aliphatic hydroxyl groups excluding tert-OH is 1. The Kier molecular flexibility index (Phi) is 9.40. The summed E-state index contributed by atoms with van der Waals surface area (Å²) in [6.45, 7) is 5.81. The lowest BCUT2D eigenvalue weighted by molar-refractivity contribution is -0.120. The second kappa shape index (κ2) is 11.8. The van der Waals surface area contributed by atoms with Gasteiger partial charge in [0.05, 0.1) is 12.1 Å². The van der Waals surface area contributed by atoms with Gasteiger partial charge in [-0.25, -0.2) is 8.78 Å². The van der Waals surface area contributed by atoms with Gasteiger partial charge in [-0.1, -0.05) is 44.5 Å². The van der Waals surface area contributed by atoms with Gasteiger partial charge in [0, 0.05) is 25.6 Å². The lowest BCUT2D eigenvalue weighted by Crippen LogP contribution is -2.48. The number of aliphatic hydroxyl groups is 1. The molecule has 2 aromatic carbocycles. The van der Waals surface area contributed by atoms with Crippen LogP contribution in [0, 0.1) is 11.6 Å². The zero-order chi connectivity index (χ0) is 22.1. The first kappa shape index (κ1) is 24.0. The van der Waals surface area contributed by atoms with Gasteiger partial charge in [0.15, 0.2) is 0 Å². The summed E-state index contributed by atoms with van der Waals surface area (Å²) in [6.07, 6.45) is 2.03. The number of aryl methyl sites for hydroxylation is 1. The maximum atomic E-state index is 13.5. The molecule has 1 unspecified atom stereocenters. The van der Waals surface area contributed by atoms with Crippen LogP contribution in [-0.4, -0.2) is 29.7 Å². The van der Waals surface area contributed by atoms with Crippen LogP contribution in [0.4, 0.5) is 8.78 Å². The van der Waals surface area contributed by atoms with E-state index in [0.29, 0.717) is 5.56 Å². The van der Waals surface area contributed by atoms with Crippen LogP contribution in [0.25, 0.3) is 0 Å². The van der Waals surface area contributed by atoms with Crippen LogP contribution >= 0.6 is 0 Å². The number of nitrogens with one attached hydrogen (secondary N) is 2. The third-order valence-corrected chi connectivity index (χ3v) is 5.14. The molecule has 164 valence electrons. The zero-order valence-electron chi connectivity index (χ0n) is 17.9. The first-order valence-corrected chi connectivity index (χ1v) is 10.5. The SMILES string of the molecule is CCCC(NC[C@H](O)[C@H](Cc1cc(F)cc(F)c1)NC(C)=O)c1cccc(CC)c1. The Bertz CT molecular complexity index is 808. The molecule has 0 aliphatic heterocycles. The van der Waals surface area contributed by atoms with E-state index in [9.17, 15) is 18.7 Å². The summed E-state index contributed by atoms with van der Waals surface area (Å²) >= 11 is 0. The molecule has 0 aliphatic rings. The summed E-state index contributed by atoms with van der Waals surface area (Å²) in [6, 6.07) is 11.0. The van der Waals surface area contributed by atoms with Crippen LogP contribution in [0.1, 0.15) is 56.3 Å². The smallest absolute Gasteiger partial charge is 0.217 e. The summed E-state index contributed by atoms with van der Waals surface area (Å²) in [5.41, 5.74) is 2.79. The summed E-state index contributed by atoms with van der Waals surface area (Å²) in [5, 5.41) is 16.9. The molecule has 1 amide bonds. The molecule has 0 aliphatic carbocycles. The average molecular weight is 419 g/mol. The van der Waals surface area contributed by atoms with Crippen molar-refractivity contribution < 1.29 is 18.7 Å². The number of halogens is 2. The molecule has 0 saturated heterocycles. The molecule has 0 saturated carbocycles. The number of hydrogen-bond acceptors (Lipinski definition) is 3. The molecule has 0 aromatic heterocycles. The molecule has 2 aromatic rings. The quantitative estimate of drug-likeness (QED) is 0.516. The Morgan fingerprint density at radius 2 is 1.77 bits per heavy atom. The van der Waals surface area contributed by atoms with E-state index in [1.807, 2.05) is 6.07 Å². The molecule has 0 bridgehead atoms. The topological polar surface area (TPSA) is 61.4 Å². The summed E-state index contributed by atoms with van der Waals surface area (Å²) in [5.74, 6) is -1.67. The monoisotopic (exact) mass is 418 g/mol. The number of hydrogen-bond donors (Lipinski definition) is 3. The maximum absolute atomic E-state index is 13.5. The van der Waals surface area contributed by atoms with Crippen molar-refractivity contribution in [3.05, 3.63) is 70.8 Å². The van der Waals surface area contributed by atoms with Gasteiger partial charge in [-0.05, 0) is 48.1 Å². The Labute approximate surface area is 177 Å². The number of rotatable bonds is 11. The van der Waals surface area contributed by atoms with Crippen molar-refractivity contribution >= 4 is 5.91 Å². The number of amides is 1. The average Bonchev–Trinajstić information content (AvgIpc) is 2.69. The van der Waals surface area contributed by atoms with Crippen molar-refractivity contribution in [3.63, 3.8) is 0 Å². The second-order valence-corrected chi connectivity index (χ2v) is 7.70. The van der Waals surface area contributed by atoms with E-state index in [4.69, 9.17) is 0 Å². The van der Waals surface area contributed by atoms with E-state index in [2.05, 4.69) is 42.7 Å². The molecular weight excluding hydrogens is 386 g/mol. The minimum atomic E-state index is -0.922. The van der Waals surface area contributed by atoms with Crippen LogP contribution in [0.3, 0.4) is 0 Å².